The Hall–Kier alpha value is -3.84. The number of aromatic hydroxyl groups is 1. The number of nitrogens with one attached hydrogen (secondary N) is 1. The third kappa shape index (κ3) is 4.12. The van der Waals surface area contributed by atoms with Gasteiger partial charge in [0, 0.05) is 37.5 Å². The summed E-state index contributed by atoms with van der Waals surface area (Å²) in [6.07, 6.45) is 4.89. The van der Waals surface area contributed by atoms with Crippen molar-refractivity contribution in [1.82, 2.24) is 14.5 Å². The van der Waals surface area contributed by atoms with Crippen LogP contribution in [0.2, 0.25) is 5.02 Å². The number of phenolic OH excluding ortho intramolecular Hbond substituents is 1. The van der Waals surface area contributed by atoms with Gasteiger partial charge >= 0.3 is 5.69 Å². The normalized spacial score (nSPS) is 14.1. The lowest BCUT2D eigenvalue weighted by atomic mass is 9.94. The van der Waals surface area contributed by atoms with Gasteiger partial charge in [-0.1, -0.05) is 35.9 Å². The summed E-state index contributed by atoms with van der Waals surface area (Å²) in [5, 5.41) is 14.5. The van der Waals surface area contributed by atoms with E-state index in [0.717, 1.165) is 18.4 Å². The van der Waals surface area contributed by atoms with Crippen molar-refractivity contribution < 1.29 is 14.3 Å². The van der Waals surface area contributed by atoms with Crippen molar-refractivity contribution in [3.05, 3.63) is 93.9 Å². The fourth-order valence-electron chi connectivity index (χ4n) is 4.49. The molecule has 2 N–H and O–H groups in total. The molecule has 1 aliphatic carbocycles. The number of imidazole rings is 1. The summed E-state index contributed by atoms with van der Waals surface area (Å²) in [6.45, 7) is 1.49. The fraction of sp³-hybridized carbons (Fsp3) is 0.185. The molecule has 0 saturated heterocycles. The predicted octanol–water partition coefficient (Wildman–Crippen LogP) is 5.13. The number of phenols is 1. The number of carbonyl (C=O) groups is 1. The molecule has 0 unspecified atom stereocenters. The molecule has 0 aliphatic heterocycles. The second kappa shape index (κ2) is 8.43. The zero-order valence-corrected chi connectivity index (χ0v) is 19.9. The Morgan fingerprint density at radius 3 is 2.31 bits per heavy atom. The van der Waals surface area contributed by atoms with Gasteiger partial charge in [0.15, 0.2) is 0 Å². The average Bonchev–Trinajstić information content (AvgIpc) is 3.53. The summed E-state index contributed by atoms with van der Waals surface area (Å²) in [4.78, 5) is 24.0. The third-order valence-electron chi connectivity index (χ3n) is 6.43. The molecular formula is C27H23ClFN3O3. The fourth-order valence-corrected chi connectivity index (χ4v) is 4.76. The molecule has 3 aromatic carbocycles. The second-order valence-electron chi connectivity index (χ2n) is 8.92. The van der Waals surface area contributed by atoms with Crippen LogP contribution in [0.5, 0.6) is 5.75 Å². The highest BCUT2D eigenvalue weighted by Gasteiger charge is 2.45. The minimum atomic E-state index is -0.513. The van der Waals surface area contributed by atoms with Gasteiger partial charge in [-0.3, -0.25) is 9.36 Å². The number of hydrogen-bond donors (Lipinski definition) is 2. The van der Waals surface area contributed by atoms with E-state index in [9.17, 15) is 19.1 Å². The van der Waals surface area contributed by atoms with Crippen LogP contribution in [0.15, 0.2) is 71.8 Å². The highest BCUT2D eigenvalue weighted by Crippen LogP contribution is 2.47. The molecule has 5 rings (SSSR count). The van der Waals surface area contributed by atoms with E-state index in [-0.39, 0.29) is 27.9 Å². The Bertz CT molecular complexity index is 1540. The van der Waals surface area contributed by atoms with E-state index < -0.39 is 11.4 Å². The van der Waals surface area contributed by atoms with Gasteiger partial charge in [-0.2, -0.15) is 0 Å². The third-order valence-corrected chi connectivity index (χ3v) is 6.73. The van der Waals surface area contributed by atoms with Gasteiger partial charge in [-0.05, 0) is 59.9 Å². The van der Waals surface area contributed by atoms with Gasteiger partial charge in [-0.15, -0.1) is 0 Å². The Labute approximate surface area is 206 Å². The summed E-state index contributed by atoms with van der Waals surface area (Å²) in [5.74, 6) is -0.712. The van der Waals surface area contributed by atoms with Crippen molar-refractivity contribution >= 4 is 17.5 Å². The maximum Gasteiger partial charge on any atom is 0.332 e. The van der Waals surface area contributed by atoms with Crippen LogP contribution in [-0.4, -0.2) is 20.1 Å². The average molecular weight is 492 g/mol. The molecule has 1 fully saturated rings. The molecule has 0 spiro atoms. The SMILES string of the molecule is CC(=O)NC1(c2cccc(-c3cc(F)cc(-c4ccc(-n5ccn(C)c5=O)c(Cl)c4)c3O)c2)CC1. The molecule has 6 nitrogen and oxygen atoms in total. The van der Waals surface area contributed by atoms with Crippen molar-refractivity contribution in [2.45, 2.75) is 25.3 Å². The Morgan fingerprint density at radius 1 is 1.06 bits per heavy atom. The monoisotopic (exact) mass is 491 g/mol. The van der Waals surface area contributed by atoms with Crippen molar-refractivity contribution in [2.75, 3.05) is 0 Å². The molecule has 0 radical (unpaired) electrons. The molecule has 1 aromatic heterocycles. The summed E-state index contributed by atoms with van der Waals surface area (Å²) in [7, 11) is 1.64. The molecule has 178 valence electrons. The first-order valence-corrected chi connectivity index (χ1v) is 11.5. The molecule has 1 aliphatic rings. The largest absolute Gasteiger partial charge is 0.507 e. The molecule has 8 heteroatoms. The number of halogens is 2. The lowest BCUT2D eigenvalue weighted by Gasteiger charge is -2.18. The highest BCUT2D eigenvalue weighted by atomic mass is 35.5. The number of amides is 1. The van der Waals surface area contributed by atoms with Crippen molar-refractivity contribution in [3.63, 3.8) is 0 Å². The standard InChI is InChI=1S/C27H23ClFN3O3/c1-16(33)30-27(8-9-27)19-5-3-4-17(12-19)21-14-20(29)15-22(25(21)34)18-6-7-24(23(28)13-18)32-11-10-31(2)26(32)35/h3-7,10-15,34H,8-9H2,1-2H3,(H,30,33). The molecule has 1 amide bonds. The Kier molecular flexibility index (Phi) is 5.52. The molecule has 1 heterocycles. The van der Waals surface area contributed by atoms with Gasteiger partial charge in [-0.25, -0.2) is 9.18 Å². The first kappa shape index (κ1) is 22.9. The van der Waals surface area contributed by atoms with Gasteiger partial charge in [0.25, 0.3) is 0 Å². The molecule has 0 bridgehead atoms. The van der Waals surface area contributed by atoms with Crippen LogP contribution in [0.4, 0.5) is 4.39 Å². The lowest BCUT2D eigenvalue weighted by Crippen LogP contribution is -2.32. The van der Waals surface area contributed by atoms with Crippen LogP contribution in [-0.2, 0) is 17.4 Å². The van der Waals surface area contributed by atoms with E-state index in [1.807, 2.05) is 18.2 Å². The molecule has 4 aromatic rings. The predicted molar refractivity (Wildman–Crippen MR) is 133 cm³/mol. The van der Waals surface area contributed by atoms with Crippen LogP contribution in [0.1, 0.15) is 25.3 Å². The van der Waals surface area contributed by atoms with Crippen LogP contribution in [0.3, 0.4) is 0 Å². The van der Waals surface area contributed by atoms with Gasteiger partial charge in [0.2, 0.25) is 5.91 Å². The summed E-state index contributed by atoms with van der Waals surface area (Å²) >= 11 is 6.48. The van der Waals surface area contributed by atoms with Gasteiger partial charge < -0.3 is 15.0 Å². The first-order chi connectivity index (χ1) is 16.7. The quantitative estimate of drug-likeness (QED) is 0.406. The number of benzene rings is 3. The number of aromatic nitrogens is 2. The summed E-state index contributed by atoms with van der Waals surface area (Å²) in [5.41, 5.74) is 2.50. The van der Waals surface area contributed by atoms with E-state index in [0.29, 0.717) is 22.4 Å². The Balaban J connectivity index is 1.56. The second-order valence-corrected chi connectivity index (χ2v) is 9.33. The number of carbonyl (C=O) groups excluding carboxylic acids is 1. The van der Waals surface area contributed by atoms with Crippen LogP contribution >= 0.6 is 11.6 Å². The number of aryl methyl sites for hydroxylation is 1. The van der Waals surface area contributed by atoms with Crippen LogP contribution in [0, 0.1) is 5.82 Å². The number of hydrogen-bond acceptors (Lipinski definition) is 3. The smallest absolute Gasteiger partial charge is 0.332 e. The zero-order chi connectivity index (χ0) is 24.9. The zero-order valence-electron chi connectivity index (χ0n) is 19.2. The molecular weight excluding hydrogens is 469 g/mol. The van der Waals surface area contributed by atoms with Crippen LogP contribution < -0.4 is 11.0 Å². The summed E-state index contributed by atoms with van der Waals surface area (Å²) < 4.78 is 17.6. The lowest BCUT2D eigenvalue weighted by molar-refractivity contribution is -0.120. The molecule has 0 atom stereocenters. The van der Waals surface area contributed by atoms with E-state index in [1.165, 1.54) is 28.2 Å². The minimum Gasteiger partial charge on any atom is -0.507 e. The van der Waals surface area contributed by atoms with Crippen molar-refractivity contribution in [3.8, 4) is 33.7 Å². The van der Waals surface area contributed by atoms with Crippen LogP contribution in [0.25, 0.3) is 27.9 Å². The van der Waals surface area contributed by atoms with Crippen molar-refractivity contribution in [2.24, 2.45) is 7.05 Å². The Morgan fingerprint density at radius 2 is 1.74 bits per heavy atom. The number of rotatable bonds is 5. The first-order valence-electron chi connectivity index (χ1n) is 11.1. The van der Waals surface area contributed by atoms with Gasteiger partial charge in [0.1, 0.15) is 11.6 Å². The topological polar surface area (TPSA) is 76.3 Å². The van der Waals surface area contributed by atoms with E-state index >= 15 is 0 Å². The minimum absolute atomic E-state index is 0.0892. The maximum absolute atomic E-state index is 14.7. The van der Waals surface area contributed by atoms with E-state index in [1.54, 1.807) is 43.7 Å². The van der Waals surface area contributed by atoms with Crippen molar-refractivity contribution in [1.29, 1.82) is 0 Å². The van der Waals surface area contributed by atoms with E-state index in [2.05, 4.69) is 5.32 Å². The maximum atomic E-state index is 14.7. The molecule has 35 heavy (non-hydrogen) atoms. The highest BCUT2D eigenvalue weighted by molar-refractivity contribution is 6.32. The van der Waals surface area contributed by atoms with Gasteiger partial charge in [0.05, 0.1) is 16.2 Å². The number of nitrogens with zero attached hydrogens (tertiary/aromatic N) is 2. The molecule has 1 saturated carbocycles. The summed E-state index contributed by atoms with van der Waals surface area (Å²) in [6, 6.07) is 14.9. The van der Waals surface area contributed by atoms with E-state index in [4.69, 9.17) is 11.6 Å².